The Morgan fingerprint density at radius 3 is 2.54 bits per heavy atom. The Morgan fingerprint density at radius 2 is 1.78 bits per heavy atom. The van der Waals surface area contributed by atoms with Gasteiger partial charge in [0.05, 0.1) is 29.5 Å². The van der Waals surface area contributed by atoms with E-state index in [0.717, 1.165) is 33.4 Å². The van der Waals surface area contributed by atoms with Crippen molar-refractivity contribution in [3.05, 3.63) is 92.0 Å². The van der Waals surface area contributed by atoms with Crippen LogP contribution in [0, 0.1) is 6.92 Å². The molecule has 6 rings (SSSR count). The van der Waals surface area contributed by atoms with Crippen molar-refractivity contribution in [2.24, 2.45) is 14.1 Å². The van der Waals surface area contributed by atoms with Crippen LogP contribution in [0.15, 0.2) is 64.4 Å². The van der Waals surface area contributed by atoms with Crippen LogP contribution in [0.4, 0.5) is 11.5 Å². The monoisotopic (exact) mass is 640 g/mol. The van der Waals surface area contributed by atoms with Crippen LogP contribution in [0.25, 0.3) is 33.3 Å². The molecule has 0 saturated carbocycles. The van der Waals surface area contributed by atoms with Gasteiger partial charge in [0.2, 0.25) is 11.8 Å². The van der Waals surface area contributed by atoms with E-state index in [9.17, 15) is 14.4 Å². The first-order valence-corrected chi connectivity index (χ1v) is 15.2. The van der Waals surface area contributed by atoms with Crippen molar-refractivity contribution in [2.75, 3.05) is 19.0 Å². The normalized spacial score (nSPS) is 14.5. The molecule has 0 radical (unpaired) electrons. The SMILES string of the molecule is COc1nc(-c2cccc(-c3cccc(Nc4nccc5c4c(=O)n(C)c(=O)n5C)c3C)c2Cl)cnc1CNC[C@@H]1CCC(=O)N1. The summed E-state index contributed by atoms with van der Waals surface area (Å²) >= 11 is 7.05. The molecule has 3 N–H and O–H groups in total. The van der Waals surface area contributed by atoms with Gasteiger partial charge in [-0.3, -0.25) is 23.7 Å². The van der Waals surface area contributed by atoms with Crippen molar-refractivity contribution in [3.8, 4) is 28.3 Å². The first kappa shape index (κ1) is 30.9. The van der Waals surface area contributed by atoms with Gasteiger partial charge in [-0.2, -0.15) is 0 Å². The van der Waals surface area contributed by atoms with E-state index in [2.05, 4.69) is 25.9 Å². The number of fused-ring (bicyclic) bond motifs is 1. The van der Waals surface area contributed by atoms with E-state index in [-0.39, 0.29) is 11.9 Å². The number of carbonyl (C=O) groups is 1. The fourth-order valence-corrected chi connectivity index (χ4v) is 6.08. The second kappa shape index (κ2) is 12.7. The van der Waals surface area contributed by atoms with E-state index in [1.165, 1.54) is 11.6 Å². The molecule has 0 aliphatic carbocycles. The highest BCUT2D eigenvalue weighted by molar-refractivity contribution is 6.36. The maximum Gasteiger partial charge on any atom is 0.330 e. The minimum atomic E-state index is -0.432. The zero-order valence-electron chi connectivity index (χ0n) is 25.8. The number of aryl methyl sites for hydroxylation is 1. The number of anilines is 2. The van der Waals surface area contributed by atoms with Gasteiger partial charge in [0, 0.05) is 62.7 Å². The number of pyridine rings is 1. The molecule has 0 spiro atoms. The Bertz CT molecular complexity index is 2110. The Hall–Kier alpha value is -5.07. The van der Waals surface area contributed by atoms with Crippen LogP contribution in [-0.4, -0.2) is 49.7 Å². The Kier molecular flexibility index (Phi) is 8.57. The van der Waals surface area contributed by atoms with Crippen molar-refractivity contribution in [2.45, 2.75) is 32.4 Å². The quantitative estimate of drug-likeness (QED) is 0.219. The van der Waals surface area contributed by atoms with Crippen LogP contribution in [0.5, 0.6) is 5.88 Å². The van der Waals surface area contributed by atoms with Gasteiger partial charge < -0.3 is 20.7 Å². The van der Waals surface area contributed by atoms with Gasteiger partial charge in [-0.25, -0.2) is 14.8 Å². The summed E-state index contributed by atoms with van der Waals surface area (Å²) < 4.78 is 8.07. The molecule has 12 nitrogen and oxygen atoms in total. The summed E-state index contributed by atoms with van der Waals surface area (Å²) in [5, 5.41) is 10.4. The van der Waals surface area contributed by atoms with Gasteiger partial charge in [0.1, 0.15) is 16.9 Å². The smallest absolute Gasteiger partial charge is 0.330 e. The Morgan fingerprint density at radius 1 is 1.02 bits per heavy atom. The van der Waals surface area contributed by atoms with Gasteiger partial charge in [0.25, 0.3) is 5.56 Å². The lowest BCUT2D eigenvalue weighted by atomic mass is 9.96. The average Bonchev–Trinajstić information content (AvgIpc) is 3.48. The predicted octanol–water partition coefficient (Wildman–Crippen LogP) is 3.84. The Balaban J connectivity index is 1.30. The number of nitrogens with zero attached hydrogens (tertiary/aromatic N) is 5. The average molecular weight is 641 g/mol. The van der Waals surface area contributed by atoms with Crippen molar-refractivity contribution >= 4 is 39.9 Å². The number of hydrogen-bond donors (Lipinski definition) is 3. The lowest BCUT2D eigenvalue weighted by Gasteiger charge is -2.17. The molecule has 1 amide bonds. The summed E-state index contributed by atoms with van der Waals surface area (Å²) in [5.41, 5.74) is 4.80. The number of nitrogens with one attached hydrogen (secondary N) is 3. The molecular weight excluding hydrogens is 608 g/mol. The van der Waals surface area contributed by atoms with Crippen molar-refractivity contribution in [3.63, 3.8) is 0 Å². The first-order valence-electron chi connectivity index (χ1n) is 14.8. The van der Waals surface area contributed by atoms with Gasteiger partial charge in [-0.15, -0.1) is 0 Å². The maximum atomic E-state index is 13.1. The van der Waals surface area contributed by atoms with Crippen molar-refractivity contribution < 1.29 is 9.53 Å². The molecule has 13 heteroatoms. The second-order valence-corrected chi connectivity index (χ2v) is 11.6. The summed E-state index contributed by atoms with van der Waals surface area (Å²) in [6, 6.07) is 13.2. The van der Waals surface area contributed by atoms with Gasteiger partial charge in [0.15, 0.2) is 0 Å². The highest BCUT2D eigenvalue weighted by Gasteiger charge is 2.21. The number of aromatic nitrogens is 5. The number of ether oxygens (including phenoxy) is 1. The summed E-state index contributed by atoms with van der Waals surface area (Å²) in [6.07, 6.45) is 4.60. The molecule has 2 aromatic carbocycles. The summed E-state index contributed by atoms with van der Waals surface area (Å²) in [4.78, 5) is 50.8. The highest BCUT2D eigenvalue weighted by Crippen LogP contribution is 2.39. The molecule has 1 atom stereocenters. The summed E-state index contributed by atoms with van der Waals surface area (Å²) in [6.45, 7) is 3.02. The predicted molar refractivity (Wildman–Crippen MR) is 178 cm³/mol. The lowest BCUT2D eigenvalue weighted by Crippen LogP contribution is -2.37. The van der Waals surface area contributed by atoms with E-state index in [0.29, 0.717) is 64.1 Å². The molecule has 0 unspecified atom stereocenters. The molecule has 3 aromatic heterocycles. The van der Waals surface area contributed by atoms with Crippen LogP contribution in [-0.2, 0) is 25.4 Å². The molecule has 1 aliphatic rings. The van der Waals surface area contributed by atoms with Crippen molar-refractivity contribution in [1.29, 1.82) is 0 Å². The standard InChI is InChI=1S/C33H33ClN8O4/c1-18-20(7-6-10-23(18)39-30-28-26(13-14-36-30)41(2)33(45)42(3)32(28)44)21-8-5-9-22(29(21)34)24-17-37-25(31(40-24)46-4)16-35-15-19-11-12-27(43)38-19/h5-10,13-14,17,19,35H,11-12,15-16H2,1-4H3,(H,36,39)(H,38,43)/t19-/m0/s1. The second-order valence-electron chi connectivity index (χ2n) is 11.2. The third-order valence-electron chi connectivity index (χ3n) is 8.31. The van der Waals surface area contributed by atoms with Crippen molar-refractivity contribution in [1.82, 2.24) is 34.7 Å². The van der Waals surface area contributed by atoms with E-state index in [1.807, 2.05) is 43.3 Å². The molecule has 5 aromatic rings. The third kappa shape index (κ3) is 5.72. The highest BCUT2D eigenvalue weighted by atomic mass is 35.5. The van der Waals surface area contributed by atoms with Gasteiger partial charge >= 0.3 is 5.69 Å². The number of amides is 1. The van der Waals surface area contributed by atoms with Crippen LogP contribution in [0.2, 0.25) is 5.02 Å². The zero-order chi connectivity index (χ0) is 32.5. The third-order valence-corrected chi connectivity index (χ3v) is 8.71. The largest absolute Gasteiger partial charge is 0.480 e. The number of hydrogen-bond acceptors (Lipinski definition) is 9. The summed E-state index contributed by atoms with van der Waals surface area (Å²) in [7, 11) is 4.62. The number of carbonyl (C=O) groups excluding carboxylic acids is 1. The van der Waals surface area contributed by atoms with Crippen LogP contribution in [0.3, 0.4) is 0 Å². The minimum Gasteiger partial charge on any atom is -0.480 e. The van der Waals surface area contributed by atoms with Gasteiger partial charge in [-0.1, -0.05) is 41.9 Å². The van der Waals surface area contributed by atoms with Crippen LogP contribution in [0.1, 0.15) is 24.1 Å². The summed E-state index contributed by atoms with van der Waals surface area (Å²) in [5.74, 6) is 0.808. The van der Waals surface area contributed by atoms with Crippen LogP contribution < -0.4 is 31.9 Å². The topological polar surface area (TPSA) is 145 Å². The number of benzene rings is 2. The minimum absolute atomic E-state index is 0.0776. The van der Waals surface area contributed by atoms with E-state index in [1.54, 1.807) is 32.6 Å². The number of methoxy groups -OCH3 is 1. The maximum absolute atomic E-state index is 13.1. The Labute approximate surface area is 269 Å². The fraction of sp³-hybridized carbons (Fsp3) is 0.273. The molecule has 1 aliphatic heterocycles. The molecule has 46 heavy (non-hydrogen) atoms. The van der Waals surface area contributed by atoms with E-state index < -0.39 is 11.2 Å². The molecule has 0 bridgehead atoms. The van der Waals surface area contributed by atoms with Crippen LogP contribution >= 0.6 is 11.6 Å². The molecule has 236 valence electrons. The molecule has 1 fully saturated rings. The first-order chi connectivity index (χ1) is 22.2. The lowest BCUT2D eigenvalue weighted by molar-refractivity contribution is -0.119. The molecule has 4 heterocycles. The number of rotatable bonds is 9. The van der Waals surface area contributed by atoms with E-state index >= 15 is 0 Å². The molecule has 1 saturated heterocycles. The van der Waals surface area contributed by atoms with Gasteiger partial charge in [-0.05, 0) is 36.6 Å². The fourth-order valence-electron chi connectivity index (χ4n) is 5.75. The van der Waals surface area contributed by atoms with E-state index in [4.69, 9.17) is 21.3 Å². The molecular formula is C33H33ClN8O4. The zero-order valence-corrected chi connectivity index (χ0v) is 26.6. The number of halogens is 1.